The van der Waals surface area contributed by atoms with Crippen LogP contribution in [-0.2, 0) is 6.54 Å². The Hall–Kier alpha value is -2.49. The molecule has 2 aromatic heterocycles. The highest BCUT2D eigenvalue weighted by Crippen LogP contribution is 2.34. The van der Waals surface area contributed by atoms with Crippen LogP contribution in [0.2, 0.25) is 10.0 Å². The molecule has 0 N–H and O–H groups in total. The molecule has 0 spiro atoms. The predicted molar refractivity (Wildman–Crippen MR) is 107 cm³/mol. The Kier molecular flexibility index (Phi) is 4.58. The van der Waals surface area contributed by atoms with Gasteiger partial charge in [0.2, 0.25) is 0 Å². The van der Waals surface area contributed by atoms with Crippen LogP contribution >= 0.6 is 23.2 Å². The summed E-state index contributed by atoms with van der Waals surface area (Å²) in [5.74, 6) is 0. The van der Waals surface area contributed by atoms with Gasteiger partial charge in [0.25, 0.3) is 0 Å². The van der Waals surface area contributed by atoms with Crippen molar-refractivity contribution < 1.29 is 0 Å². The SMILES string of the molecule is Cc1c(Cn2ccnc2)cc(-c2ccccc2)n1-c1ccc(Cl)cc1Cl. The lowest BCUT2D eigenvalue weighted by Gasteiger charge is -2.14. The lowest BCUT2D eigenvalue weighted by Crippen LogP contribution is -2.02. The van der Waals surface area contributed by atoms with Gasteiger partial charge in [-0.3, -0.25) is 0 Å². The molecule has 0 aliphatic rings. The Bertz CT molecular complexity index is 1030. The van der Waals surface area contributed by atoms with Crippen LogP contribution in [0.1, 0.15) is 11.3 Å². The Labute approximate surface area is 162 Å². The molecule has 0 amide bonds. The van der Waals surface area contributed by atoms with Crippen molar-refractivity contribution in [3.05, 3.63) is 94.6 Å². The normalized spacial score (nSPS) is 11.0. The summed E-state index contributed by atoms with van der Waals surface area (Å²) in [4.78, 5) is 4.14. The molecule has 4 aromatic rings. The summed E-state index contributed by atoms with van der Waals surface area (Å²) in [6.07, 6.45) is 5.59. The van der Waals surface area contributed by atoms with Gasteiger partial charge < -0.3 is 9.13 Å². The zero-order valence-electron chi connectivity index (χ0n) is 14.2. The van der Waals surface area contributed by atoms with E-state index in [0.717, 1.165) is 29.2 Å². The van der Waals surface area contributed by atoms with Crippen molar-refractivity contribution in [2.24, 2.45) is 0 Å². The number of rotatable bonds is 4. The smallest absolute Gasteiger partial charge is 0.0949 e. The van der Waals surface area contributed by atoms with Crippen LogP contribution in [0.3, 0.4) is 0 Å². The average Bonchev–Trinajstić information content (AvgIpc) is 3.25. The molecule has 0 bridgehead atoms. The van der Waals surface area contributed by atoms with Gasteiger partial charge in [0.15, 0.2) is 0 Å². The van der Waals surface area contributed by atoms with E-state index in [4.69, 9.17) is 23.2 Å². The van der Waals surface area contributed by atoms with Gasteiger partial charge in [-0.05, 0) is 42.3 Å². The molecule has 3 nitrogen and oxygen atoms in total. The van der Waals surface area contributed by atoms with Crippen LogP contribution in [-0.4, -0.2) is 14.1 Å². The van der Waals surface area contributed by atoms with E-state index in [2.05, 4.69) is 39.2 Å². The van der Waals surface area contributed by atoms with Crippen molar-refractivity contribution in [1.29, 1.82) is 0 Å². The van der Waals surface area contributed by atoms with E-state index in [-0.39, 0.29) is 0 Å². The summed E-state index contributed by atoms with van der Waals surface area (Å²) >= 11 is 12.6. The quantitative estimate of drug-likeness (QED) is 0.424. The van der Waals surface area contributed by atoms with Crippen molar-refractivity contribution in [3.63, 3.8) is 0 Å². The number of imidazole rings is 1. The molecule has 0 fully saturated rings. The van der Waals surface area contributed by atoms with E-state index in [1.54, 1.807) is 12.3 Å². The highest BCUT2D eigenvalue weighted by molar-refractivity contribution is 6.35. The molecular formula is C21H17Cl2N3. The number of nitrogens with zero attached hydrogens (tertiary/aromatic N) is 3. The fourth-order valence-electron chi connectivity index (χ4n) is 3.19. The lowest BCUT2D eigenvalue weighted by molar-refractivity contribution is 0.788. The monoisotopic (exact) mass is 381 g/mol. The largest absolute Gasteiger partial charge is 0.333 e. The number of hydrogen-bond donors (Lipinski definition) is 0. The first kappa shape index (κ1) is 17.0. The Morgan fingerprint density at radius 2 is 1.81 bits per heavy atom. The molecular weight excluding hydrogens is 365 g/mol. The fraction of sp³-hybridized carbons (Fsp3) is 0.0952. The van der Waals surface area contributed by atoms with Crippen LogP contribution in [0.15, 0.2) is 73.3 Å². The minimum Gasteiger partial charge on any atom is -0.333 e. The number of benzene rings is 2. The molecule has 0 aliphatic carbocycles. The molecule has 5 heteroatoms. The summed E-state index contributed by atoms with van der Waals surface area (Å²) in [5.41, 5.74) is 5.51. The van der Waals surface area contributed by atoms with E-state index in [1.165, 1.54) is 5.56 Å². The number of aromatic nitrogens is 3. The lowest BCUT2D eigenvalue weighted by atomic mass is 10.1. The molecule has 2 heterocycles. The molecule has 4 rings (SSSR count). The van der Waals surface area contributed by atoms with Crippen LogP contribution in [0, 0.1) is 6.92 Å². The highest BCUT2D eigenvalue weighted by atomic mass is 35.5. The van der Waals surface area contributed by atoms with E-state index < -0.39 is 0 Å². The van der Waals surface area contributed by atoms with Crippen LogP contribution in [0.4, 0.5) is 0 Å². The van der Waals surface area contributed by atoms with Crippen molar-refractivity contribution in [2.45, 2.75) is 13.5 Å². The summed E-state index contributed by atoms with van der Waals surface area (Å²) in [6, 6.07) is 18.1. The zero-order chi connectivity index (χ0) is 18.1. The Balaban J connectivity index is 1.91. The molecule has 0 radical (unpaired) electrons. The van der Waals surface area contributed by atoms with Crippen LogP contribution < -0.4 is 0 Å². The molecule has 26 heavy (non-hydrogen) atoms. The van der Waals surface area contributed by atoms with Crippen molar-refractivity contribution in [1.82, 2.24) is 14.1 Å². The maximum atomic E-state index is 6.53. The molecule has 0 aliphatic heterocycles. The molecule has 0 atom stereocenters. The summed E-state index contributed by atoms with van der Waals surface area (Å²) in [5, 5.41) is 1.26. The molecule has 130 valence electrons. The van der Waals surface area contributed by atoms with E-state index >= 15 is 0 Å². The van der Waals surface area contributed by atoms with Gasteiger partial charge in [-0.2, -0.15) is 0 Å². The van der Waals surface area contributed by atoms with Crippen LogP contribution in [0.5, 0.6) is 0 Å². The first-order valence-electron chi connectivity index (χ1n) is 8.31. The Morgan fingerprint density at radius 3 is 2.50 bits per heavy atom. The average molecular weight is 382 g/mol. The van der Waals surface area contributed by atoms with E-state index in [1.807, 2.05) is 42.9 Å². The van der Waals surface area contributed by atoms with Gasteiger partial charge in [0.05, 0.1) is 29.3 Å². The van der Waals surface area contributed by atoms with E-state index in [0.29, 0.717) is 10.0 Å². The number of hydrogen-bond acceptors (Lipinski definition) is 1. The minimum atomic E-state index is 0.627. The summed E-state index contributed by atoms with van der Waals surface area (Å²) < 4.78 is 4.26. The first-order valence-corrected chi connectivity index (χ1v) is 9.07. The zero-order valence-corrected chi connectivity index (χ0v) is 15.7. The molecule has 0 saturated carbocycles. The maximum absolute atomic E-state index is 6.53. The van der Waals surface area contributed by atoms with Gasteiger partial charge in [0, 0.05) is 23.1 Å². The van der Waals surface area contributed by atoms with Gasteiger partial charge >= 0.3 is 0 Å². The van der Waals surface area contributed by atoms with Gasteiger partial charge in [-0.1, -0.05) is 53.5 Å². The fourth-order valence-corrected chi connectivity index (χ4v) is 3.68. The van der Waals surface area contributed by atoms with Crippen molar-refractivity contribution in [3.8, 4) is 16.9 Å². The van der Waals surface area contributed by atoms with Crippen LogP contribution in [0.25, 0.3) is 16.9 Å². The number of halogens is 2. The second kappa shape index (κ2) is 7.02. The summed E-state index contributed by atoms with van der Waals surface area (Å²) in [6.45, 7) is 2.87. The van der Waals surface area contributed by atoms with Gasteiger partial charge in [-0.25, -0.2) is 4.98 Å². The van der Waals surface area contributed by atoms with E-state index in [9.17, 15) is 0 Å². The third kappa shape index (κ3) is 3.16. The topological polar surface area (TPSA) is 22.8 Å². The minimum absolute atomic E-state index is 0.627. The second-order valence-corrected chi connectivity index (χ2v) is 7.02. The van der Waals surface area contributed by atoms with Gasteiger partial charge in [0.1, 0.15) is 0 Å². The van der Waals surface area contributed by atoms with Crippen molar-refractivity contribution >= 4 is 23.2 Å². The highest BCUT2D eigenvalue weighted by Gasteiger charge is 2.17. The van der Waals surface area contributed by atoms with Gasteiger partial charge in [-0.15, -0.1) is 0 Å². The second-order valence-electron chi connectivity index (χ2n) is 6.17. The standard InChI is InChI=1S/C21H17Cl2N3/c1-15-17(13-25-10-9-24-14-25)11-21(16-5-3-2-4-6-16)26(15)20-8-7-18(22)12-19(20)23/h2-12,14H,13H2,1H3. The predicted octanol–water partition coefficient (Wildman–Crippen LogP) is 6.00. The third-order valence-corrected chi connectivity index (χ3v) is 5.02. The Morgan fingerprint density at radius 1 is 1.00 bits per heavy atom. The summed E-state index contributed by atoms with van der Waals surface area (Å²) in [7, 11) is 0. The maximum Gasteiger partial charge on any atom is 0.0949 e. The molecule has 0 saturated heterocycles. The molecule has 0 unspecified atom stereocenters. The molecule has 2 aromatic carbocycles. The third-order valence-electron chi connectivity index (χ3n) is 4.48. The van der Waals surface area contributed by atoms with Crippen molar-refractivity contribution in [2.75, 3.05) is 0 Å². The first-order chi connectivity index (χ1) is 12.6.